The number of nitrogens with zero attached hydrogens (tertiary/aromatic N) is 2. The van der Waals surface area contributed by atoms with E-state index in [9.17, 15) is 9.59 Å². The number of aromatic nitrogens is 1. The van der Waals surface area contributed by atoms with E-state index in [0.717, 1.165) is 16.8 Å². The van der Waals surface area contributed by atoms with Gasteiger partial charge in [-0.05, 0) is 50.6 Å². The van der Waals surface area contributed by atoms with Crippen LogP contribution in [0.4, 0.5) is 0 Å². The fourth-order valence-corrected chi connectivity index (χ4v) is 3.76. The average molecular weight is 338 g/mol. The Balaban J connectivity index is 2.05. The second-order valence-electron chi connectivity index (χ2n) is 5.65. The highest BCUT2D eigenvalue weighted by Gasteiger charge is 2.09. The van der Waals surface area contributed by atoms with E-state index in [4.69, 9.17) is 0 Å². The van der Waals surface area contributed by atoms with Crippen LogP contribution in [-0.4, -0.2) is 16.3 Å². The Labute approximate surface area is 144 Å². The van der Waals surface area contributed by atoms with Crippen molar-refractivity contribution in [1.29, 1.82) is 0 Å². The van der Waals surface area contributed by atoms with E-state index in [1.807, 2.05) is 18.4 Å². The number of thiazole rings is 1. The molecule has 1 aromatic heterocycles. The molecule has 3 aromatic rings. The third-order valence-electron chi connectivity index (χ3n) is 3.89. The predicted molar refractivity (Wildman–Crippen MR) is 96.6 cm³/mol. The van der Waals surface area contributed by atoms with Gasteiger partial charge in [-0.15, -0.1) is 0 Å². The van der Waals surface area contributed by atoms with Crippen LogP contribution in [0.1, 0.15) is 40.1 Å². The van der Waals surface area contributed by atoms with Gasteiger partial charge in [0.25, 0.3) is 5.91 Å². The molecule has 0 aliphatic rings. The maximum Gasteiger partial charge on any atom is 0.279 e. The van der Waals surface area contributed by atoms with Gasteiger partial charge in [-0.25, -0.2) is 0 Å². The number of rotatable bonds is 3. The standard InChI is InChI=1S/C19H18N2O2S/c1-4-21-16-10-5-12(2)11-17(16)24-19(21)20-18(23)15-8-6-14(7-9-15)13(3)22/h5-11H,4H2,1-3H3. The van der Waals surface area contributed by atoms with E-state index in [1.54, 1.807) is 24.3 Å². The van der Waals surface area contributed by atoms with Crippen LogP contribution in [0.3, 0.4) is 0 Å². The molecule has 5 heteroatoms. The molecular weight excluding hydrogens is 320 g/mol. The lowest BCUT2D eigenvalue weighted by Crippen LogP contribution is -2.15. The number of hydrogen-bond acceptors (Lipinski definition) is 3. The van der Waals surface area contributed by atoms with Crippen molar-refractivity contribution < 1.29 is 9.59 Å². The monoisotopic (exact) mass is 338 g/mol. The van der Waals surface area contributed by atoms with Crippen molar-refractivity contribution in [3.63, 3.8) is 0 Å². The number of benzene rings is 2. The minimum Gasteiger partial charge on any atom is -0.317 e. The van der Waals surface area contributed by atoms with Gasteiger partial charge < -0.3 is 4.57 Å². The Hall–Kier alpha value is -2.53. The molecule has 0 fully saturated rings. The third kappa shape index (κ3) is 3.08. The summed E-state index contributed by atoms with van der Waals surface area (Å²) in [5.41, 5.74) is 3.35. The van der Waals surface area contributed by atoms with Crippen LogP contribution in [0, 0.1) is 6.92 Å². The summed E-state index contributed by atoms with van der Waals surface area (Å²) in [7, 11) is 0. The first-order valence-electron chi connectivity index (χ1n) is 7.79. The van der Waals surface area contributed by atoms with Crippen LogP contribution in [0.5, 0.6) is 0 Å². The minimum atomic E-state index is -0.296. The molecule has 0 bridgehead atoms. The molecule has 1 heterocycles. The average Bonchev–Trinajstić information content (AvgIpc) is 2.90. The van der Waals surface area contributed by atoms with Crippen LogP contribution in [0.25, 0.3) is 10.2 Å². The van der Waals surface area contributed by atoms with Crippen LogP contribution >= 0.6 is 11.3 Å². The number of carbonyl (C=O) groups excluding carboxylic acids is 2. The zero-order valence-corrected chi connectivity index (χ0v) is 14.7. The van der Waals surface area contributed by atoms with Gasteiger partial charge in [0.05, 0.1) is 10.2 Å². The topological polar surface area (TPSA) is 51.4 Å². The number of amides is 1. The highest BCUT2D eigenvalue weighted by atomic mass is 32.1. The summed E-state index contributed by atoms with van der Waals surface area (Å²) in [6.07, 6.45) is 0. The molecule has 1 amide bonds. The Morgan fingerprint density at radius 1 is 1.08 bits per heavy atom. The Kier molecular flexibility index (Phi) is 4.44. The number of aryl methyl sites for hydroxylation is 2. The molecule has 0 aliphatic heterocycles. The zero-order chi connectivity index (χ0) is 17.3. The Bertz CT molecular complexity index is 994. The molecular formula is C19H18N2O2S. The molecule has 3 rings (SSSR count). The molecule has 122 valence electrons. The largest absolute Gasteiger partial charge is 0.317 e. The first kappa shape index (κ1) is 16.3. The van der Waals surface area contributed by atoms with Crippen molar-refractivity contribution in [2.75, 3.05) is 0 Å². The van der Waals surface area contributed by atoms with E-state index in [0.29, 0.717) is 15.9 Å². The predicted octanol–water partition coefficient (Wildman–Crippen LogP) is 3.97. The molecule has 0 saturated heterocycles. The summed E-state index contributed by atoms with van der Waals surface area (Å²) < 4.78 is 3.16. The number of fused-ring (bicyclic) bond motifs is 1. The summed E-state index contributed by atoms with van der Waals surface area (Å²) in [5.74, 6) is -0.315. The van der Waals surface area contributed by atoms with Crippen molar-refractivity contribution in [2.45, 2.75) is 27.3 Å². The number of ketones is 1. The SMILES string of the molecule is CCn1c(=NC(=O)c2ccc(C(C)=O)cc2)sc2cc(C)ccc21. The van der Waals surface area contributed by atoms with E-state index >= 15 is 0 Å². The summed E-state index contributed by atoms with van der Waals surface area (Å²) in [4.78, 5) is 28.8. The highest BCUT2D eigenvalue weighted by Crippen LogP contribution is 2.19. The van der Waals surface area contributed by atoms with E-state index < -0.39 is 0 Å². The molecule has 24 heavy (non-hydrogen) atoms. The van der Waals surface area contributed by atoms with Crippen LogP contribution in [0.15, 0.2) is 47.5 Å². The zero-order valence-electron chi connectivity index (χ0n) is 13.9. The first-order chi connectivity index (χ1) is 11.5. The summed E-state index contributed by atoms with van der Waals surface area (Å²) in [5, 5.41) is 0. The third-order valence-corrected chi connectivity index (χ3v) is 4.93. The van der Waals surface area contributed by atoms with Crippen molar-refractivity contribution in [3.05, 3.63) is 64.0 Å². The first-order valence-corrected chi connectivity index (χ1v) is 8.61. The van der Waals surface area contributed by atoms with Gasteiger partial charge in [0.2, 0.25) is 0 Å². The van der Waals surface area contributed by atoms with Gasteiger partial charge in [0.1, 0.15) is 0 Å². The molecule has 2 aromatic carbocycles. The number of carbonyl (C=O) groups is 2. The Morgan fingerprint density at radius 3 is 2.38 bits per heavy atom. The van der Waals surface area contributed by atoms with E-state index in [1.165, 1.54) is 23.8 Å². The van der Waals surface area contributed by atoms with Gasteiger partial charge >= 0.3 is 0 Å². The summed E-state index contributed by atoms with van der Waals surface area (Å²) in [6.45, 7) is 6.34. The maximum absolute atomic E-state index is 12.4. The lowest BCUT2D eigenvalue weighted by Gasteiger charge is -2.01. The molecule has 0 atom stereocenters. The summed E-state index contributed by atoms with van der Waals surface area (Å²) in [6, 6.07) is 12.9. The minimum absolute atomic E-state index is 0.0189. The van der Waals surface area contributed by atoms with Gasteiger partial charge in [0.15, 0.2) is 10.6 Å². The molecule has 0 spiro atoms. The second kappa shape index (κ2) is 6.53. The van der Waals surface area contributed by atoms with Crippen molar-refractivity contribution in [1.82, 2.24) is 4.57 Å². The van der Waals surface area contributed by atoms with Gasteiger partial charge in [-0.1, -0.05) is 29.5 Å². The Morgan fingerprint density at radius 2 is 1.75 bits per heavy atom. The van der Waals surface area contributed by atoms with Crippen LogP contribution < -0.4 is 4.80 Å². The highest BCUT2D eigenvalue weighted by molar-refractivity contribution is 7.16. The molecule has 0 saturated carbocycles. The number of Topliss-reactive ketones (excluding diaryl/α,β-unsaturated/α-hetero) is 1. The van der Waals surface area contributed by atoms with Crippen molar-refractivity contribution in [2.24, 2.45) is 4.99 Å². The van der Waals surface area contributed by atoms with E-state index in [2.05, 4.69) is 23.2 Å². The number of hydrogen-bond donors (Lipinski definition) is 0. The fraction of sp³-hybridized carbons (Fsp3) is 0.211. The van der Waals surface area contributed by atoms with Crippen molar-refractivity contribution >= 4 is 33.2 Å². The van der Waals surface area contributed by atoms with Gasteiger partial charge in [-0.3, -0.25) is 9.59 Å². The molecule has 0 radical (unpaired) electrons. The van der Waals surface area contributed by atoms with Crippen molar-refractivity contribution in [3.8, 4) is 0 Å². The van der Waals surface area contributed by atoms with Gasteiger partial charge in [0, 0.05) is 17.7 Å². The fourth-order valence-electron chi connectivity index (χ4n) is 2.57. The van der Waals surface area contributed by atoms with Crippen LogP contribution in [-0.2, 0) is 6.54 Å². The molecule has 0 unspecified atom stereocenters. The molecule has 0 aliphatic carbocycles. The lowest BCUT2D eigenvalue weighted by atomic mass is 10.1. The molecule has 0 N–H and O–H groups in total. The molecule has 4 nitrogen and oxygen atoms in total. The second-order valence-corrected chi connectivity index (χ2v) is 6.66. The quantitative estimate of drug-likeness (QED) is 0.678. The lowest BCUT2D eigenvalue weighted by molar-refractivity contribution is 0.0991. The summed E-state index contributed by atoms with van der Waals surface area (Å²) >= 11 is 1.52. The van der Waals surface area contributed by atoms with Crippen LogP contribution in [0.2, 0.25) is 0 Å². The van der Waals surface area contributed by atoms with E-state index in [-0.39, 0.29) is 11.7 Å². The normalized spacial score (nSPS) is 11.9. The maximum atomic E-state index is 12.4. The smallest absolute Gasteiger partial charge is 0.279 e. The van der Waals surface area contributed by atoms with Gasteiger partial charge in [-0.2, -0.15) is 4.99 Å².